The summed E-state index contributed by atoms with van der Waals surface area (Å²) in [6.45, 7) is 2.02. The average molecular weight is 226 g/mol. The summed E-state index contributed by atoms with van der Waals surface area (Å²) in [5, 5.41) is 10.7. The SMILES string of the molecule is CCC(O)(Cc1ccccc1)c1ccccc1. The molecular formula is C16H18O. The Morgan fingerprint density at radius 2 is 1.41 bits per heavy atom. The highest BCUT2D eigenvalue weighted by atomic mass is 16.3. The first-order valence-electron chi connectivity index (χ1n) is 6.06. The third-order valence-corrected chi connectivity index (χ3v) is 3.24. The molecule has 1 nitrogen and oxygen atoms in total. The number of hydrogen-bond acceptors (Lipinski definition) is 1. The summed E-state index contributed by atoms with van der Waals surface area (Å²) < 4.78 is 0. The van der Waals surface area contributed by atoms with Gasteiger partial charge in [-0.25, -0.2) is 0 Å². The van der Waals surface area contributed by atoms with Crippen LogP contribution < -0.4 is 0 Å². The molecule has 0 aliphatic carbocycles. The minimum atomic E-state index is -0.761. The second-order valence-corrected chi connectivity index (χ2v) is 4.41. The van der Waals surface area contributed by atoms with E-state index in [9.17, 15) is 5.11 Å². The molecule has 1 heteroatoms. The highest BCUT2D eigenvalue weighted by molar-refractivity contribution is 5.26. The van der Waals surface area contributed by atoms with Gasteiger partial charge in [-0.1, -0.05) is 67.6 Å². The van der Waals surface area contributed by atoms with Crippen LogP contribution in [0, 0.1) is 0 Å². The van der Waals surface area contributed by atoms with Gasteiger partial charge in [-0.3, -0.25) is 0 Å². The van der Waals surface area contributed by atoms with E-state index in [0.29, 0.717) is 12.8 Å². The van der Waals surface area contributed by atoms with Crippen LogP contribution in [0.15, 0.2) is 60.7 Å². The summed E-state index contributed by atoms with van der Waals surface area (Å²) in [4.78, 5) is 0. The van der Waals surface area contributed by atoms with Crippen molar-refractivity contribution in [3.8, 4) is 0 Å². The topological polar surface area (TPSA) is 20.2 Å². The maximum absolute atomic E-state index is 10.7. The predicted molar refractivity (Wildman–Crippen MR) is 70.8 cm³/mol. The van der Waals surface area contributed by atoms with Crippen molar-refractivity contribution < 1.29 is 5.11 Å². The molecule has 0 amide bonds. The standard InChI is InChI=1S/C16H18O/c1-2-16(17,15-11-7-4-8-12-15)13-14-9-5-3-6-10-14/h3-12,17H,2,13H2,1H3. The van der Waals surface area contributed by atoms with Gasteiger partial charge in [-0.15, -0.1) is 0 Å². The van der Waals surface area contributed by atoms with Gasteiger partial charge in [0.2, 0.25) is 0 Å². The van der Waals surface area contributed by atoms with Crippen LogP contribution in [-0.2, 0) is 12.0 Å². The van der Waals surface area contributed by atoms with E-state index in [2.05, 4.69) is 12.1 Å². The van der Waals surface area contributed by atoms with Crippen molar-refractivity contribution in [1.82, 2.24) is 0 Å². The zero-order valence-electron chi connectivity index (χ0n) is 10.1. The van der Waals surface area contributed by atoms with Gasteiger partial charge in [-0.2, -0.15) is 0 Å². The van der Waals surface area contributed by atoms with Crippen molar-refractivity contribution in [3.63, 3.8) is 0 Å². The number of benzene rings is 2. The van der Waals surface area contributed by atoms with Gasteiger partial charge in [0.25, 0.3) is 0 Å². The van der Waals surface area contributed by atoms with Crippen molar-refractivity contribution >= 4 is 0 Å². The van der Waals surface area contributed by atoms with E-state index in [1.54, 1.807) is 0 Å². The molecule has 2 aromatic carbocycles. The van der Waals surface area contributed by atoms with Gasteiger partial charge in [0.1, 0.15) is 0 Å². The van der Waals surface area contributed by atoms with Crippen molar-refractivity contribution in [3.05, 3.63) is 71.8 Å². The monoisotopic (exact) mass is 226 g/mol. The third-order valence-electron chi connectivity index (χ3n) is 3.24. The third kappa shape index (κ3) is 2.75. The van der Waals surface area contributed by atoms with Crippen LogP contribution in [0.4, 0.5) is 0 Å². The number of aliphatic hydroxyl groups is 1. The van der Waals surface area contributed by atoms with Crippen LogP contribution in [0.3, 0.4) is 0 Å². The molecule has 0 aliphatic heterocycles. The summed E-state index contributed by atoms with van der Waals surface area (Å²) in [7, 11) is 0. The van der Waals surface area contributed by atoms with Gasteiger partial charge in [0.05, 0.1) is 5.60 Å². The Bertz CT molecular complexity index is 449. The Morgan fingerprint density at radius 3 is 1.94 bits per heavy atom. The Balaban J connectivity index is 2.27. The lowest BCUT2D eigenvalue weighted by molar-refractivity contribution is 0.0327. The normalized spacial score (nSPS) is 14.2. The molecule has 0 spiro atoms. The fraction of sp³-hybridized carbons (Fsp3) is 0.250. The smallest absolute Gasteiger partial charge is 0.0934 e. The fourth-order valence-electron chi connectivity index (χ4n) is 2.11. The quantitative estimate of drug-likeness (QED) is 0.845. The first-order valence-corrected chi connectivity index (χ1v) is 6.06. The minimum absolute atomic E-state index is 0.661. The zero-order valence-corrected chi connectivity index (χ0v) is 10.1. The maximum atomic E-state index is 10.7. The van der Waals surface area contributed by atoms with Crippen LogP contribution in [-0.4, -0.2) is 5.11 Å². The first-order chi connectivity index (χ1) is 8.24. The number of rotatable bonds is 4. The summed E-state index contributed by atoms with van der Waals surface area (Å²) in [6.07, 6.45) is 1.38. The van der Waals surface area contributed by atoms with E-state index < -0.39 is 5.60 Å². The molecule has 0 radical (unpaired) electrons. The lowest BCUT2D eigenvalue weighted by atomic mass is 9.85. The molecule has 0 saturated heterocycles. The lowest BCUT2D eigenvalue weighted by Crippen LogP contribution is -2.27. The molecule has 88 valence electrons. The highest BCUT2D eigenvalue weighted by Crippen LogP contribution is 2.28. The molecule has 0 saturated carbocycles. The Morgan fingerprint density at radius 1 is 0.882 bits per heavy atom. The van der Waals surface area contributed by atoms with E-state index in [-0.39, 0.29) is 0 Å². The molecule has 0 aromatic heterocycles. The second-order valence-electron chi connectivity index (χ2n) is 4.41. The molecule has 1 N–H and O–H groups in total. The van der Waals surface area contributed by atoms with Crippen molar-refractivity contribution in [2.75, 3.05) is 0 Å². The maximum Gasteiger partial charge on any atom is 0.0934 e. The van der Waals surface area contributed by atoms with E-state index in [1.807, 2.05) is 55.5 Å². The van der Waals surface area contributed by atoms with Gasteiger partial charge in [0.15, 0.2) is 0 Å². The Kier molecular flexibility index (Phi) is 3.60. The molecule has 2 rings (SSSR count). The Hall–Kier alpha value is -1.60. The van der Waals surface area contributed by atoms with Crippen molar-refractivity contribution in [2.24, 2.45) is 0 Å². The minimum Gasteiger partial charge on any atom is -0.385 e. The van der Waals surface area contributed by atoms with Gasteiger partial charge < -0.3 is 5.11 Å². The molecule has 17 heavy (non-hydrogen) atoms. The zero-order chi connectivity index (χ0) is 12.1. The summed E-state index contributed by atoms with van der Waals surface area (Å²) in [5.74, 6) is 0. The molecule has 2 aromatic rings. The van der Waals surface area contributed by atoms with Gasteiger partial charge >= 0.3 is 0 Å². The van der Waals surface area contributed by atoms with Crippen LogP contribution >= 0.6 is 0 Å². The molecule has 0 aliphatic rings. The largest absolute Gasteiger partial charge is 0.385 e. The predicted octanol–water partition coefficient (Wildman–Crippen LogP) is 3.53. The van der Waals surface area contributed by atoms with Crippen LogP contribution in [0.5, 0.6) is 0 Å². The van der Waals surface area contributed by atoms with E-state index >= 15 is 0 Å². The summed E-state index contributed by atoms with van der Waals surface area (Å²) in [5.41, 5.74) is 1.40. The van der Waals surface area contributed by atoms with E-state index in [0.717, 1.165) is 5.56 Å². The summed E-state index contributed by atoms with van der Waals surface area (Å²) in [6, 6.07) is 20.0. The van der Waals surface area contributed by atoms with E-state index in [4.69, 9.17) is 0 Å². The fourth-order valence-corrected chi connectivity index (χ4v) is 2.11. The van der Waals surface area contributed by atoms with E-state index in [1.165, 1.54) is 5.56 Å². The second kappa shape index (κ2) is 5.15. The summed E-state index contributed by atoms with van der Waals surface area (Å²) >= 11 is 0. The van der Waals surface area contributed by atoms with Crippen LogP contribution in [0.1, 0.15) is 24.5 Å². The molecule has 0 fully saturated rings. The molecule has 1 atom stereocenters. The lowest BCUT2D eigenvalue weighted by Gasteiger charge is -2.27. The Labute approximate surface area is 103 Å². The van der Waals surface area contributed by atoms with Crippen LogP contribution in [0.25, 0.3) is 0 Å². The highest BCUT2D eigenvalue weighted by Gasteiger charge is 2.26. The first kappa shape index (κ1) is 11.9. The van der Waals surface area contributed by atoms with Crippen molar-refractivity contribution in [2.45, 2.75) is 25.4 Å². The van der Waals surface area contributed by atoms with Crippen LogP contribution in [0.2, 0.25) is 0 Å². The molecule has 0 heterocycles. The molecule has 0 bridgehead atoms. The molecular weight excluding hydrogens is 208 g/mol. The van der Waals surface area contributed by atoms with Gasteiger partial charge in [-0.05, 0) is 17.5 Å². The average Bonchev–Trinajstić information content (AvgIpc) is 2.41. The van der Waals surface area contributed by atoms with Gasteiger partial charge in [0, 0.05) is 6.42 Å². The van der Waals surface area contributed by atoms with Crippen molar-refractivity contribution in [1.29, 1.82) is 0 Å². The number of hydrogen-bond donors (Lipinski definition) is 1. The molecule has 1 unspecified atom stereocenters.